The zero-order valence-corrected chi connectivity index (χ0v) is 22.2. The molecule has 1 saturated heterocycles. The van der Waals surface area contributed by atoms with Crippen molar-refractivity contribution in [1.29, 1.82) is 0 Å². The summed E-state index contributed by atoms with van der Waals surface area (Å²) in [5.41, 5.74) is 2.88. The number of pyridine rings is 1. The van der Waals surface area contributed by atoms with Crippen molar-refractivity contribution in [3.05, 3.63) is 70.9 Å². The molecule has 198 valence electrons. The minimum atomic E-state index is -0.744. The van der Waals surface area contributed by atoms with Gasteiger partial charge in [-0.25, -0.2) is 0 Å². The number of aliphatic carboxylic acids is 1. The summed E-state index contributed by atoms with van der Waals surface area (Å²) >= 11 is 6.31. The fraction of sp³-hybridized carbons (Fsp3) is 0.467. The number of aromatic nitrogens is 1. The van der Waals surface area contributed by atoms with Crippen LogP contribution in [0.3, 0.4) is 0 Å². The van der Waals surface area contributed by atoms with E-state index in [1.165, 1.54) is 5.56 Å². The van der Waals surface area contributed by atoms with Crippen molar-refractivity contribution in [3.63, 3.8) is 0 Å². The lowest BCUT2D eigenvalue weighted by Crippen LogP contribution is -2.41. The monoisotopic (exact) mass is 524 g/mol. The van der Waals surface area contributed by atoms with Crippen LogP contribution in [-0.2, 0) is 11.2 Å². The fourth-order valence-electron chi connectivity index (χ4n) is 5.66. The average Bonchev–Trinajstić information content (AvgIpc) is 2.91. The number of rotatable bonds is 12. The molecule has 1 fully saturated rings. The number of aliphatic hydroxyl groups excluding tert-OH is 1. The quantitative estimate of drug-likeness (QED) is 0.296. The summed E-state index contributed by atoms with van der Waals surface area (Å²) in [4.78, 5) is 18.2. The maximum Gasteiger partial charge on any atom is 0.303 e. The van der Waals surface area contributed by atoms with Gasteiger partial charge >= 0.3 is 5.97 Å². The van der Waals surface area contributed by atoms with Crippen molar-refractivity contribution in [2.24, 2.45) is 11.8 Å². The number of benzene rings is 2. The van der Waals surface area contributed by atoms with Crippen molar-refractivity contribution >= 4 is 28.5 Å². The molecule has 7 heteroatoms. The number of hydrogen-bond donors (Lipinski definition) is 2. The van der Waals surface area contributed by atoms with Gasteiger partial charge in [-0.2, -0.15) is 0 Å². The number of nitrogens with zero attached hydrogens (tertiary/aromatic N) is 2. The number of carbonyl (C=O) groups is 1. The number of likely N-dealkylation sites (tertiary alicyclic amines) is 1. The number of aliphatic hydroxyl groups is 1. The first kappa shape index (κ1) is 27.4. The van der Waals surface area contributed by atoms with Crippen LogP contribution in [0.2, 0.25) is 5.02 Å². The van der Waals surface area contributed by atoms with Crippen molar-refractivity contribution in [2.45, 2.75) is 51.0 Å². The third-order valence-corrected chi connectivity index (χ3v) is 8.10. The van der Waals surface area contributed by atoms with E-state index >= 15 is 0 Å². The van der Waals surface area contributed by atoms with Crippen LogP contribution in [-0.4, -0.2) is 52.8 Å². The molecule has 2 aromatic carbocycles. The molecule has 0 spiro atoms. The molecule has 0 bridgehead atoms. The predicted octanol–water partition coefficient (Wildman–Crippen LogP) is 6.15. The summed E-state index contributed by atoms with van der Waals surface area (Å²) in [5, 5.41) is 22.2. The number of carboxylic acid groups (broad SMARTS) is 1. The Hall–Kier alpha value is -2.67. The number of fused-ring (bicyclic) bond motifs is 1. The molecular formula is C30H37ClN2O4. The molecule has 3 aromatic rings. The number of methoxy groups -OCH3 is 1. The smallest absolute Gasteiger partial charge is 0.303 e. The Morgan fingerprint density at radius 2 is 2.03 bits per heavy atom. The van der Waals surface area contributed by atoms with E-state index in [-0.39, 0.29) is 6.42 Å². The van der Waals surface area contributed by atoms with Gasteiger partial charge in [-0.05, 0) is 105 Å². The van der Waals surface area contributed by atoms with Gasteiger partial charge < -0.3 is 19.8 Å². The summed E-state index contributed by atoms with van der Waals surface area (Å²) < 4.78 is 5.37. The van der Waals surface area contributed by atoms with Gasteiger partial charge in [0.05, 0.1) is 18.7 Å². The van der Waals surface area contributed by atoms with Crippen LogP contribution in [0.15, 0.2) is 54.7 Å². The van der Waals surface area contributed by atoms with Gasteiger partial charge in [-0.15, -0.1) is 0 Å². The van der Waals surface area contributed by atoms with Crippen LogP contribution >= 0.6 is 11.6 Å². The van der Waals surface area contributed by atoms with E-state index in [2.05, 4.69) is 16.0 Å². The van der Waals surface area contributed by atoms with Crippen LogP contribution in [0.4, 0.5) is 0 Å². The predicted molar refractivity (Wildman–Crippen MR) is 147 cm³/mol. The van der Waals surface area contributed by atoms with E-state index in [0.29, 0.717) is 24.7 Å². The lowest BCUT2D eigenvalue weighted by molar-refractivity contribution is -0.137. The second-order valence-corrected chi connectivity index (χ2v) is 10.5. The molecule has 2 N–H and O–H groups in total. The molecule has 0 saturated carbocycles. The van der Waals surface area contributed by atoms with Crippen LogP contribution in [0.25, 0.3) is 10.9 Å². The molecule has 3 atom stereocenters. The molecule has 37 heavy (non-hydrogen) atoms. The molecule has 1 aromatic heterocycles. The number of hydrogen-bond acceptors (Lipinski definition) is 5. The topological polar surface area (TPSA) is 82.9 Å². The zero-order chi connectivity index (χ0) is 26.2. The van der Waals surface area contributed by atoms with Gasteiger partial charge in [0.25, 0.3) is 0 Å². The summed E-state index contributed by atoms with van der Waals surface area (Å²) in [6.45, 7) is 2.89. The fourth-order valence-corrected chi connectivity index (χ4v) is 5.89. The molecule has 0 aliphatic carbocycles. The number of aryl methyl sites for hydroxylation is 1. The third kappa shape index (κ3) is 7.44. The molecule has 4 rings (SSSR count). The maximum absolute atomic E-state index is 11.3. The molecule has 6 nitrogen and oxygen atoms in total. The minimum absolute atomic E-state index is 0.186. The highest BCUT2D eigenvalue weighted by Gasteiger charge is 2.30. The normalized spacial score (nSPS) is 19.1. The summed E-state index contributed by atoms with van der Waals surface area (Å²) in [7, 11) is 1.63. The van der Waals surface area contributed by atoms with Crippen molar-refractivity contribution in [2.75, 3.05) is 26.7 Å². The first-order valence-corrected chi connectivity index (χ1v) is 13.6. The SMILES string of the molecule is COc1ccc2nccc(C(O)CC[C@@H]3CCN(CCCc4ccccc4Cl)C[C@@H]3CCC(=O)O)c2c1. The highest BCUT2D eigenvalue weighted by Crippen LogP contribution is 2.35. The van der Waals surface area contributed by atoms with Crippen LogP contribution < -0.4 is 4.74 Å². The van der Waals surface area contributed by atoms with Gasteiger partial charge in [0.1, 0.15) is 5.75 Å². The Kier molecular flexibility index (Phi) is 9.78. The Labute approximate surface area is 224 Å². The highest BCUT2D eigenvalue weighted by atomic mass is 35.5. The minimum Gasteiger partial charge on any atom is -0.497 e. The molecule has 1 aliphatic heterocycles. The lowest BCUT2D eigenvalue weighted by Gasteiger charge is -2.39. The van der Waals surface area contributed by atoms with E-state index in [1.807, 2.05) is 42.5 Å². The number of ether oxygens (including phenoxy) is 1. The summed E-state index contributed by atoms with van der Waals surface area (Å²) in [5.74, 6) is 0.708. The second-order valence-electron chi connectivity index (χ2n) is 10.1. The second kappa shape index (κ2) is 13.2. The zero-order valence-electron chi connectivity index (χ0n) is 21.5. The molecule has 2 heterocycles. The van der Waals surface area contributed by atoms with Crippen LogP contribution in [0, 0.1) is 11.8 Å². The Morgan fingerprint density at radius 3 is 2.81 bits per heavy atom. The largest absolute Gasteiger partial charge is 0.497 e. The van der Waals surface area contributed by atoms with Gasteiger partial charge in [0, 0.05) is 29.6 Å². The van der Waals surface area contributed by atoms with Gasteiger partial charge in [0.15, 0.2) is 0 Å². The maximum atomic E-state index is 11.3. The molecule has 1 unspecified atom stereocenters. The molecule has 1 aliphatic rings. The van der Waals surface area contributed by atoms with Crippen LogP contribution in [0.5, 0.6) is 5.75 Å². The Bertz CT molecular complexity index is 1190. The molecule has 0 radical (unpaired) electrons. The number of carboxylic acids is 1. The van der Waals surface area contributed by atoms with E-state index in [9.17, 15) is 15.0 Å². The van der Waals surface area contributed by atoms with Gasteiger partial charge in [-0.1, -0.05) is 29.8 Å². The third-order valence-electron chi connectivity index (χ3n) is 7.74. The first-order valence-electron chi connectivity index (χ1n) is 13.2. The van der Waals surface area contributed by atoms with E-state index in [0.717, 1.165) is 72.6 Å². The van der Waals surface area contributed by atoms with Gasteiger partial charge in [0.2, 0.25) is 0 Å². The summed E-state index contributed by atoms with van der Waals surface area (Å²) in [6.07, 6.45) is 6.49. The first-order chi connectivity index (χ1) is 17.9. The average molecular weight is 525 g/mol. The van der Waals surface area contributed by atoms with Crippen molar-refractivity contribution < 1.29 is 19.7 Å². The van der Waals surface area contributed by atoms with Crippen molar-refractivity contribution in [1.82, 2.24) is 9.88 Å². The van der Waals surface area contributed by atoms with E-state index < -0.39 is 12.1 Å². The van der Waals surface area contributed by atoms with E-state index in [1.54, 1.807) is 13.3 Å². The molecule has 0 amide bonds. The summed E-state index contributed by atoms with van der Waals surface area (Å²) in [6, 6.07) is 15.6. The van der Waals surface area contributed by atoms with Crippen molar-refractivity contribution in [3.8, 4) is 5.75 Å². The van der Waals surface area contributed by atoms with E-state index in [4.69, 9.17) is 16.3 Å². The highest BCUT2D eigenvalue weighted by molar-refractivity contribution is 6.31. The number of halogens is 1. The molecular weight excluding hydrogens is 488 g/mol. The lowest BCUT2D eigenvalue weighted by atomic mass is 9.79. The van der Waals surface area contributed by atoms with Gasteiger partial charge in [-0.3, -0.25) is 9.78 Å². The standard InChI is InChI=1S/C30H37ClN2O4/c1-37-24-10-11-28-26(19-24)25(14-16-32-28)29(34)12-8-21-15-18-33(20-23(21)9-13-30(35)36)17-4-6-22-5-2-3-7-27(22)31/h2-3,5,7,10-11,14,16,19,21,23,29,34H,4,6,8-9,12-13,15,17-18,20H2,1H3,(H,35,36)/t21-,23+,29?/m1/s1. The number of piperidine rings is 1. The van der Waals surface area contributed by atoms with Crippen LogP contribution in [0.1, 0.15) is 55.8 Å². The Balaban J connectivity index is 1.35. The Morgan fingerprint density at radius 1 is 1.19 bits per heavy atom.